The third-order valence-electron chi connectivity index (χ3n) is 8.07. The summed E-state index contributed by atoms with van der Waals surface area (Å²) in [4.78, 5) is 66.9. The van der Waals surface area contributed by atoms with E-state index in [2.05, 4.69) is 10.2 Å². The van der Waals surface area contributed by atoms with Gasteiger partial charge in [-0.1, -0.05) is 6.42 Å². The Labute approximate surface area is 223 Å². The normalized spacial score (nSPS) is 23.5. The predicted molar refractivity (Wildman–Crippen MR) is 141 cm³/mol. The van der Waals surface area contributed by atoms with E-state index in [4.69, 9.17) is 4.74 Å². The molecular formula is C28H38N4O6. The fraction of sp³-hybridized carbons (Fsp3) is 0.607. The fourth-order valence-electron chi connectivity index (χ4n) is 5.76. The maximum Gasteiger partial charge on any atom is 0.324 e. The average Bonchev–Trinajstić information content (AvgIpc) is 2.93. The average molecular weight is 527 g/mol. The van der Waals surface area contributed by atoms with Crippen molar-refractivity contribution in [1.82, 2.24) is 15.1 Å². The van der Waals surface area contributed by atoms with Crippen molar-refractivity contribution in [2.45, 2.75) is 57.9 Å². The van der Waals surface area contributed by atoms with Gasteiger partial charge in [0.2, 0.25) is 11.8 Å². The number of fused-ring (bicyclic) bond motifs is 1. The predicted octanol–water partition coefficient (Wildman–Crippen LogP) is 2.61. The quantitative estimate of drug-likeness (QED) is 0.299. The number of ether oxygens (including phenoxy) is 1. The Morgan fingerprint density at radius 1 is 0.974 bits per heavy atom. The van der Waals surface area contributed by atoms with E-state index in [1.165, 1.54) is 12.0 Å². The number of hydrogen-bond acceptors (Lipinski definition) is 7. The van der Waals surface area contributed by atoms with Gasteiger partial charge in [0, 0.05) is 56.4 Å². The number of unbranched alkanes of at least 4 members (excludes halogenated alkanes) is 2. The first-order chi connectivity index (χ1) is 18.3. The minimum absolute atomic E-state index is 0.0470. The van der Waals surface area contributed by atoms with Gasteiger partial charge in [0.05, 0.1) is 18.9 Å². The summed E-state index contributed by atoms with van der Waals surface area (Å²) in [6.07, 6.45) is 4.15. The summed E-state index contributed by atoms with van der Waals surface area (Å²) in [6.45, 7) is 4.71. The number of carbonyl (C=O) groups is 5. The van der Waals surface area contributed by atoms with Crippen molar-refractivity contribution in [3.63, 3.8) is 0 Å². The number of benzene rings is 1. The second-order valence-corrected chi connectivity index (χ2v) is 10.5. The maximum absolute atomic E-state index is 12.9. The van der Waals surface area contributed by atoms with Crippen LogP contribution in [0.3, 0.4) is 0 Å². The first-order valence-electron chi connectivity index (χ1n) is 13.6. The highest BCUT2D eigenvalue weighted by atomic mass is 16.5. The number of rotatable bonds is 9. The van der Waals surface area contributed by atoms with Gasteiger partial charge in [-0.3, -0.25) is 24.1 Å². The van der Waals surface area contributed by atoms with E-state index in [1.807, 2.05) is 29.2 Å². The van der Waals surface area contributed by atoms with Crippen LogP contribution in [0, 0.1) is 11.8 Å². The number of ketones is 1. The summed E-state index contributed by atoms with van der Waals surface area (Å²) >= 11 is 0. The lowest BCUT2D eigenvalue weighted by atomic mass is 9.76. The SMILES string of the molecule is COC(=O)C1CCC2C(=O)N(CCCCCC(=O)N3CCN(c4ccc(C(C)=O)cc4)CC3)C(=O)NC2C1. The molecule has 2 saturated heterocycles. The number of piperazine rings is 1. The van der Waals surface area contributed by atoms with Gasteiger partial charge in [-0.25, -0.2) is 4.79 Å². The zero-order chi connectivity index (χ0) is 27.2. The van der Waals surface area contributed by atoms with Crippen LogP contribution >= 0.6 is 0 Å². The van der Waals surface area contributed by atoms with Crippen molar-refractivity contribution >= 4 is 35.3 Å². The van der Waals surface area contributed by atoms with Gasteiger partial charge < -0.3 is 19.9 Å². The first-order valence-corrected chi connectivity index (χ1v) is 13.6. The van der Waals surface area contributed by atoms with Crippen molar-refractivity contribution in [2.75, 3.05) is 44.7 Å². The molecule has 10 heteroatoms. The van der Waals surface area contributed by atoms with Crippen LogP contribution in [0.4, 0.5) is 10.5 Å². The van der Waals surface area contributed by atoms with Crippen LogP contribution in [0.5, 0.6) is 0 Å². The number of nitrogens with one attached hydrogen (secondary N) is 1. The van der Waals surface area contributed by atoms with Gasteiger partial charge in [-0.05, 0) is 63.3 Å². The van der Waals surface area contributed by atoms with E-state index in [9.17, 15) is 24.0 Å². The second kappa shape index (κ2) is 12.4. The summed E-state index contributed by atoms with van der Waals surface area (Å²) in [7, 11) is 1.35. The van der Waals surface area contributed by atoms with Crippen molar-refractivity contribution in [3.8, 4) is 0 Å². The molecule has 1 aromatic rings. The summed E-state index contributed by atoms with van der Waals surface area (Å²) in [5.41, 5.74) is 1.75. The number of hydrogen-bond donors (Lipinski definition) is 1. The smallest absolute Gasteiger partial charge is 0.324 e. The highest BCUT2D eigenvalue weighted by Crippen LogP contribution is 2.33. The Balaban J connectivity index is 1.14. The van der Waals surface area contributed by atoms with Crippen molar-refractivity contribution in [1.29, 1.82) is 0 Å². The Hall–Kier alpha value is -3.43. The third-order valence-corrected chi connectivity index (χ3v) is 8.07. The minimum Gasteiger partial charge on any atom is -0.469 e. The van der Waals surface area contributed by atoms with Crippen LogP contribution in [-0.2, 0) is 19.1 Å². The van der Waals surface area contributed by atoms with E-state index >= 15 is 0 Å². The molecule has 2 aliphatic heterocycles. The highest BCUT2D eigenvalue weighted by molar-refractivity contribution is 5.99. The topological polar surface area (TPSA) is 116 Å². The standard InChI is InChI=1S/C28H38N4O6/c1-19(33)20-7-10-22(11-8-20)30-14-16-31(17-15-30)25(34)6-4-3-5-13-32-26(35)23-12-9-21(27(36)38-2)18-24(23)29-28(32)37/h7-8,10-11,21,23-24H,3-6,9,12-18H2,1-2H3,(H,29,37). The first kappa shape index (κ1) is 27.6. The molecular weight excluding hydrogens is 488 g/mol. The van der Waals surface area contributed by atoms with Crippen molar-refractivity contribution in [3.05, 3.63) is 29.8 Å². The summed E-state index contributed by atoms with van der Waals surface area (Å²) < 4.78 is 4.82. The number of imide groups is 1. The van der Waals surface area contributed by atoms with Crippen LogP contribution in [0.2, 0.25) is 0 Å². The lowest BCUT2D eigenvalue weighted by Crippen LogP contribution is -2.61. The molecule has 1 N–H and O–H groups in total. The molecule has 206 valence electrons. The van der Waals surface area contributed by atoms with Crippen LogP contribution in [-0.4, -0.2) is 85.3 Å². The zero-order valence-corrected chi connectivity index (χ0v) is 22.3. The number of methoxy groups -OCH3 is 1. The number of anilines is 1. The lowest BCUT2D eigenvalue weighted by Gasteiger charge is -2.41. The molecule has 0 spiro atoms. The van der Waals surface area contributed by atoms with Crippen molar-refractivity contribution < 1.29 is 28.7 Å². The number of esters is 1. The number of urea groups is 1. The summed E-state index contributed by atoms with van der Waals surface area (Å²) in [5.74, 6) is -0.836. The van der Waals surface area contributed by atoms with Crippen LogP contribution in [0.15, 0.2) is 24.3 Å². The lowest BCUT2D eigenvalue weighted by molar-refractivity contribution is -0.149. The highest BCUT2D eigenvalue weighted by Gasteiger charge is 2.45. The second-order valence-electron chi connectivity index (χ2n) is 10.5. The maximum atomic E-state index is 12.9. The Morgan fingerprint density at radius 2 is 1.68 bits per heavy atom. The molecule has 3 fully saturated rings. The molecule has 1 aromatic carbocycles. The fourth-order valence-corrected chi connectivity index (χ4v) is 5.76. The molecule has 4 rings (SSSR count). The molecule has 1 aliphatic carbocycles. The summed E-state index contributed by atoms with van der Waals surface area (Å²) in [6, 6.07) is 6.87. The Kier molecular flexibility index (Phi) is 9.01. The van der Waals surface area contributed by atoms with Crippen LogP contribution in [0.1, 0.15) is 62.2 Å². The zero-order valence-electron chi connectivity index (χ0n) is 22.3. The minimum atomic E-state index is -0.397. The molecule has 4 amide bonds. The molecule has 0 radical (unpaired) electrons. The number of Topliss-reactive ketones (excluding diaryl/α,β-unsaturated/α-hetero) is 1. The number of amides is 4. The number of carbonyl (C=O) groups excluding carboxylic acids is 5. The van der Waals surface area contributed by atoms with Gasteiger partial charge in [0.1, 0.15) is 0 Å². The van der Waals surface area contributed by atoms with Gasteiger partial charge in [0.25, 0.3) is 0 Å². The molecule has 3 aliphatic rings. The van der Waals surface area contributed by atoms with E-state index in [-0.39, 0.29) is 41.4 Å². The van der Waals surface area contributed by atoms with Crippen molar-refractivity contribution in [2.24, 2.45) is 11.8 Å². The monoisotopic (exact) mass is 526 g/mol. The molecule has 3 unspecified atom stereocenters. The van der Waals surface area contributed by atoms with Gasteiger partial charge in [-0.2, -0.15) is 0 Å². The van der Waals surface area contributed by atoms with E-state index < -0.39 is 6.03 Å². The third kappa shape index (κ3) is 6.34. The van der Waals surface area contributed by atoms with E-state index in [0.29, 0.717) is 63.7 Å². The molecule has 2 heterocycles. The summed E-state index contributed by atoms with van der Waals surface area (Å²) in [5, 5.41) is 2.91. The molecule has 0 aromatic heterocycles. The van der Waals surface area contributed by atoms with Crippen LogP contribution in [0.25, 0.3) is 0 Å². The van der Waals surface area contributed by atoms with Gasteiger partial charge in [0.15, 0.2) is 5.78 Å². The molecule has 38 heavy (non-hydrogen) atoms. The largest absolute Gasteiger partial charge is 0.469 e. The van der Waals surface area contributed by atoms with E-state index in [0.717, 1.165) is 25.2 Å². The van der Waals surface area contributed by atoms with Gasteiger partial charge in [-0.15, -0.1) is 0 Å². The van der Waals surface area contributed by atoms with E-state index in [1.54, 1.807) is 6.92 Å². The molecule has 0 bridgehead atoms. The Morgan fingerprint density at radius 3 is 2.34 bits per heavy atom. The molecule has 3 atom stereocenters. The van der Waals surface area contributed by atoms with Crippen LogP contribution < -0.4 is 10.2 Å². The molecule has 10 nitrogen and oxygen atoms in total. The number of nitrogens with zero attached hydrogens (tertiary/aromatic N) is 3. The molecule has 1 saturated carbocycles. The Bertz CT molecular complexity index is 1050. The van der Waals surface area contributed by atoms with Gasteiger partial charge >= 0.3 is 12.0 Å².